The van der Waals surface area contributed by atoms with Crippen molar-refractivity contribution in [2.45, 2.75) is 52.2 Å². The predicted molar refractivity (Wildman–Crippen MR) is 90.8 cm³/mol. The molecule has 0 radical (unpaired) electrons. The Morgan fingerprint density at radius 1 is 1.35 bits per heavy atom. The van der Waals surface area contributed by atoms with Crippen molar-refractivity contribution in [2.75, 3.05) is 11.9 Å². The number of nitrogens with one attached hydrogen (secondary N) is 1. The number of hydrogen-bond acceptors (Lipinski definition) is 3. The summed E-state index contributed by atoms with van der Waals surface area (Å²) in [6.07, 6.45) is 0.943. The molecule has 1 heterocycles. The van der Waals surface area contributed by atoms with Crippen LogP contribution in [0.1, 0.15) is 39.2 Å². The average Bonchev–Trinajstić information content (AvgIpc) is 2.89. The van der Waals surface area contributed by atoms with Gasteiger partial charge in [0.05, 0.1) is 10.7 Å². The fraction of sp³-hybridized carbons (Fsp3) is 0.529. The van der Waals surface area contributed by atoms with Crippen molar-refractivity contribution in [2.24, 2.45) is 0 Å². The molecule has 6 heteroatoms. The van der Waals surface area contributed by atoms with Crippen molar-refractivity contribution < 1.29 is 14.3 Å². The molecule has 1 aliphatic heterocycles. The van der Waals surface area contributed by atoms with Crippen LogP contribution >= 0.6 is 11.6 Å². The van der Waals surface area contributed by atoms with Gasteiger partial charge in [0.15, 0.2) is 0 Å². The highest BCUT2D eigenvalue weighted by atomic mass is 35.5. The molecule has 0 spiro atoms. The van der Waals surface area contributed by atoms with Gasteiger partial charge in [0, 0.05) is 6.54 Å². The number of carbonyl (C=O) groups is 2. The van der Waals surface area contributed by atoms with Crippen LogP contribution < -0.4 is 5.32 Å². The SMILES string of the molecule is Cc1ccc(NC(=O)[C@@H]2CCCN2C(=O)OC(C)(C)C)c(Cl)c1. The minimum atomic E-state index is -0.582. The first kappa shape index (κ1) is 17.6. The van der Waals surface area contributed by atoms with Gasteiger partial charge in [-0.25, -0.2) is 4.79 Å². The van der Waals surface area contributed by atoms with E-state index in [0.29, 0.717) is 23.7 Å². The normalized spacial score (nSPS) is 18.0. The van der Waals surface area contributed by atoms with E-state index in [4.69, 9.17) is 16.3 Å². The van der Waals surface area contributed by atoms with Crippen LogP contribution in [0.4, 0.5) is 10.5 Å². The summed E-state index contributed by atoms with van der Waals surface area (Å²) in [5.41, 5.74) is 0.989. The Labute approximate surface area is 141 Å². The monoisotopic (exact) mass is 338 g/mol. The zero-order valence-electron chi connectivity index (χ0n) is 14.0. The van der Waals surface area contributed by atoms with Crippen LogP contribution in [-0.4, -0.2) is 35.1 Å². The highest BCUT2D eigenvalue weighted by Gasteiger charge is 2.36. The highest BCUT2D eigenvalue weighted by Crippen LogP contribution is 2.26. The van der Waals surface area contributed by atoms with Crippen molar-refractivity contribution in [3.05, 3.63) is 28.8 Å². The Morgan fingerprint density at radius 3 is 2.65 bits per heavy atom. The van der Waals surface area contributed by atoms with Crippen molar-refractivity contribution in [3.63, 3.8) is 0 Å². The third-order valence-electron chi connectivity index (χ3n) is 3.57. The summed E-state index contributed by atoms with van der Waals surface area (Å²) in [4.78, 5) is 26.2. The Hall–Kier alpha value is -1.75. The maximum atomic E-state index is 12.5. The number of aryl methyl sites for hydroxylation is 1. The zero-order valence-corrected chi connectivity index (χ0v) is 14.7. The van der Waals surface area contributed by atoms with Gasteiger partial charge in [-0.1, -0.05) is 17.7 Å². The van der Waals surface area contributed by atoms with Gasteiger partial charge in [0.1, 0.15) is 11.6 Å². The fourth-order valence-corrected chi connectivity index (χ4v) is 2.80. The van der Waals surface area contributed by atoms with Crippen LogP contribution in [0.15, 0.2) is 18.2 Å². The molecule has 0 unspecified atom stereocenters. The highest BCUT2D eigenvalue weighted by molar-refractivity contribution is 6.33. The Balaban J connectivity index is 2.07. The molecule has 0 bridgehead atoms. The third-order valence-corrected chi connectivity index (χ3v) is 3.88. The van der Waals surface area contributed by atoms with E-state index in [2.05, 4.69) is 5.32 Å². The van der Waals surface area contributed by atoms with Gasteiger partial charge < -0.3 is 10.1 Å². The molecule has 126 valence electrons. The number of hydrogen-bond donors (Lipinski definition) is 1. The number of rotatable bonds is 2. The first-order valence-electron chi connectivity index (χ1n) is 7.74. The molecule has 2 rings (SSSR count). The van der Waals surface area contributed by atoms with Crippen molar-refractivity contribution in [1.29, 1.82) is 0 Å². The van der Waals surface area contributed by atoms with Crippen molar-refractivity contribution >= 4 is 29.3 Å². The van der Waals surface area contributed by atoms with E-state index >= 15 is 0 Å². The molecule has 23 heavy (non-hydrogen) atoms. The number of nitrogens with zero attached hydrogens (tertiary/aromatic N) is 1. The van der Waals surface area contributed by atoms with Crippen LogP contribution in [0.5, 0.6) is 0 Å². The largest absolute Gasteiger partial charge is 0.444 e. The Kier molecular flexibility index (Phi) is 5.19. The quantitative estimate of drug-likeness (QED) is 0.887. The van der Waals surface area contributed by atoms with E-state index < -0.39 is 17.7 Å². The summed E-state index contributed by atoms with van der Waals surface area (Å²) in [5, 5.41) is 3.29. The van der Waals surface area contributed by atoms with E-state index in [1.54, 1.807) is 12.1 Å². The molecular formula is C17H23ClN2O3. The molecule has 1 fully saturated rings. The molecule has 2 amide bonds. The molecule has 1 atom stereocenters. The van der Waals surface area contributed by atoms with E-state index in [1.807, 2.05) is 33.8 Å². The molecule has 5 nitrogen and oxygen atoms in total. The summed E-state index contributed by atoms with van der Waals surface area (Å²) >= 11 is 6.15. The third kappa shape index (κ3) is 4.61. The van der Waals surface area contributed by atoms with E-state index in [-0.39, 0.29) is 5.91 Å². The molecule has 1 N–H and O–H groups in total. The topological polar surface area (TPSA) is 58.6 Å². The van der Waals surface area contributed by atoms with E-state index in [1.165, 1.54) is 4.90 Å². The van der Waals surface area contributed by atoms with Gasteiger partial charge in [0.25, 0.3) is 0 Å². The van der Waals surface area contributed by atoms with Gasteiger partial charge in [-0.3, -0.25) is 9.69 Å². The first-order chi connectivity index (χ1) is 10.7. The fourth-order valence-electron chi connectivity index (χ4n) is 2.52. The number of ether oxygens (including phenoxy) is 1. The molecule has 0 aliphatic carbocycles. The molecule has 1 aromatic rings. The lowest BCUT2D eigenvalue weighted by atomic mass is 10.2. The maximum Gasteiger partial charge on any atom is 0.410 e. The van der Waals surface area contributed by atoms with Gasteiger partial charge in [0.2, 0.25) is 5.91 Å². The Bertz CT molecular complexity index is 610. The summed E-state index contributed by atoms with van der Waals surface area (Å²) in [5.74, 6) is -0.237. The van der Waals surface area contributed by atoms with E-state index in [9.17, 15) is 9.59 Å². The lowest BCUT2D eigenvalue weighted by molar-refractivity contribution is -0.120. The molecule has 1 saturated heterocycles. The second-order valence-electron chi connectivity index (χ2n) is 6.80. The summed E-state index contributed by atoms with van der Waals surface area (Å²) in [6.45, 7) is 7.87. The second kappa shape index (κ2) is 6.79. The van der Waals surface area contributed by atoms with Crippen molar-refractivity contribution in [1.82, 2.24) is 4.90 Å². The molecule has 1 aliphatic rings. The van der Waals surface area contributed by atoms with Crippen molar-refractivity contribution in [3.8, 4) is 0 Å². The summed E-state index contributed by atoms with van der Waals surface area (Å²) < 4.78 is 5.37. The van der Waals surface area contributed by atoms with Crippen LogP contribution in [0.3, 0.4) is 0 Å². The van der Waals surface area contributed by atoms with Crippen LogP contribution in [0.25, 0.3) is 0 Å². The van der Waals surface area contributed by atoms with Gasteiger partial charge in [-0.05, 0) is 58.2 Å². The molecule has 1 aromatic carbocycles. The minimum absolute atomic E-state index is 0.237. The first-order valence-corrected chi connectivity index (χ1v) is 8.12. The van der Waals surface area contributed by atoms with Gasteiger partial charge in [-0.2, -0.15) is 0 Å². The number of halogens is 1. The zero-order chi connectivity index (χ0) is 17.2. The van der Waals surface area contributed by atoms with Crippen LogP contribution in [0.2, 0.25) is 5.02 Å². The minimum Gasteiger partial charge on any atom is -0.444 e. The van der Waals surface area contributed by atoms with Crippen LogP contribution in [-0.2, 0) is 9.53 Å². The molecule has 0 aromatic heterocycles. The number of amides is 2. The van der Waals surface area contributed by atoms with Gasteiger partial charge in [-0.15, -0.1) is 0 Å². The van der Waals surface area contributed by atoms with Gasteiger partial charge >= 0.3 is 6.09 Å². The molecular weight excluding hydrogens is 316 g/mol. The lowest BCUT2D eigenvalue weighted by Gasteiger charge is -2.28. The number of anilines is 1. The number of carbonyl (C=O) groups excluding carboxylic acids is 2. The molecule has 0 saturated carbocycles. The smallest absolute Gasteiger partial charge is 0.410 e. The Morgan fingerprint density at radius 2 is 2.04 bits per heavy atom. The lowest BCUT2D eigenvalue weighted by Crippen LogP contribution is -2.45. The number of benzene rings is 1. The van der Waals surface area contributed by atoms with Crippen LogP contribution in [0, 0.1) is 6.92 Å². The number of likely N-dealkylation sites (tertiary alicyclic amines) is 1. The average molecular weight is 339 g/mol. The second-order valence-corrected chi connectivity index (χ2v) is 7.21. The maximum absolute atomic E-state index is 12.5. The summed E-state index contributed by atoms with van der Waals surface area (Å²) in [7, 11) is 0. The summed E-state index contributed by atoms with van der Waals surface area (Å²) in [6, 6.07) is 4.91. The van der Waals surface area contributed by atoms with E-state index in [0.717, 1.165) is 12.0 Å². The standard InChI is InChI=1S/C17H23ClN2O3/c1-11-7-8-13(12(18)10-11)19-15(21)14-6-5-9-20(14)16(22)23-17(2,3)4/h7-8,10,14H,5-6,9H2,1-4H3,(H,19,21)/t14-/m0/s1. The predicted octanol–water partition coefficient (Wildman–Crippen LogP) is 3.99.